The lowest BCUT2D eigenvalue weighted by Gasteiger charge is -2.32. The van der Waals surface area contributed by atoms with Gasteiger partial charge in [0.1, 0.15) is 18.3 Å². The SMILES string of the molecule is COc1ccc(N(CC(=O)N(Cc2cccc(Br)c2)[C@@H](C)C(=O)NC(C)C)S(=O)(=O)c2ccccc2)cc1Cl. The van der Waals surface area contributed by atoms with Gasteiger partial charge in [0.05, 0.1) is 22.7 Å². The summed E-state index contributed by atoms with van der Waals surface area (Å²) in [6.07, 6.45) is 0. The number of halogens is 2. The number of ether oxygens (including phenoxy) is 1. The van der Waals surface area contributed by atoms with Gasteiger partial charge in [-0.3, -0.25) is 13.9 Å². The van der Waals surface area contributed by atoms with E-state index in [1.165, 1.54) is 42.3 Å². The fraction of sp³-hybridized carbons (Fsp3) is 0.286. The molecule has 0 radical (unpaired) electrons. The first-order valence-electron chi connectivity index (χ1n) is 12.2. The van der Waals surface area contributed by atoms with E-state index in [2.05, 4.69) is 21.2 Å². The normalized spacial score (nSPS) is 12.1. The molecule has 0 aromatic heterocycles. The zero-order chi connectivity index (χ0) is 28.7. The predicted octanol–water partition coefficient (Wildman–Crippen LogP) is 5.25. The summed E-state index contributed by atoms with van der Waals surface area (Å²) in [6.45, 7) is 4.80. The average Bonchev–Trinajstić information content (AvgIpc) is 2.90. The molecule has 208 valence electrons. The zero-order valence-electron chi connectivity index (χ0n) is 22.1. The molecule has 0 spiro atoms. The minimum absolute atomic E-state index is 0.00822. The van der Waals surface area contributed by atoms with Crippen LogP contribution in [0.5, 0.6) is 5.75 Å². The quantitative estimate of drug-likeness (QED) is 0.310. The Morgan fingerprint density at radius 2 is 1.69 bits per heavy atom. The van der Waals surface area contributed by atoms with Crippen LogP contribution in [0.2, 0.25) is 5.02 Å². The molecule has 0 aliphatic rings. The van der Waals surface area contributed by atoms with Crippen LogP contribution in [-0.2, 0) is 26.2 Å². The molecule has 3 rings (SSSR count). The van der Waals surface area contributed by atoms with E-state index < -0.39 is 28.5 Å². The lowest BCUT2D eigenvalue weighted by molar-refractivity contribution is -0.139. The molecule has 2 amide bonds. The number of carbonyl (C=O) groups is 2. The molecular weight excluding hydrogens is 606 g/mol. The molecule has 1 atom stereocenters. The topological polar surface area (TPSA) is 96.0 Å². The van der Waals surface area contributed by atoms with E-state index in [0.29, 0.717) is 5.75 Å². The van der Waals surface area contributed by atoms with E-state index >= 15 is 0 Å². The van der Waals surface area contributed by atoms with E-state index in [1.54, 1.807) is 25.1 Å². The number of nitrogens with one attached hydrogen (secondary N) is 1. The fourth-order valence-electron chi connectivity index (χ4n) is 3.88. The van der Waals surface area contributed by atoms with Gasteiger partial charge in [-0.1, -0.05) is 57.9 Å². The Hall–Kier alpha value is -3.08. The van der Waals surface area contributed by atoms with Crippen LogP contribution in [0.15, 0.2) is 82.2 Å². The first-order chi connectivity index (χ1) is 18.4. The standard InChI is InChI=1S/C28H31BrClN3O5S/c1-19(2)31-28(35)20(3)32(17-21-9-8-10-22(29)15-21)27(34)18-33(23-13-14-26(38-4)25(30)16-23)39(36,37)24-11-6-5-7-12-24/h5-16,19-20H,17-18H2,1-4H3,(H,31,35)/t20-/m0/s1. The fourth-order valence-corrected chi connectivity index (χ4v) is 6.00. The molecule has 0 fully saturated rings. The second-order valence-electron chi connectivity index (χ2n) is 9.13. The number of methoxy groups -OCH3 is 1. The first kappa shape index (κ1) is 30.5. The largest absolute Gasteiger partial charge is 0.495 e. The van der Waals surface area contributed by atoms with E-state index in [0.717, 1.165) is 14.3 Å². The van der Waals surface area contributed by atoms with Crippen LogP contribution in [0.4, 0.5) is 5.69 Å². The van der Waals surface area contributed by atoms with E-state index in [9.17, 15) is 18.0 Å². The van der Waals surface area contributed by atoms with Crippen molar-refractivity contribution in [2.75, 3.05) is 18.0 Å². The molecule has 0 unspecified atom stereocenters. The molecule has 0 saturated heterocycles. The molecule has 0 aliphatic heterocycles. The number of sulfonamides is 1. The number of benzene rings is 3. The van der Waals surface area contributed by atoms with Gasteiger partial charge in [0, 0.05) is 17.1 Å². The minimum Gasteiger partial charge on any atom is -0.495 e. The van der Waals surface area contributed by atoms with Crippen molar-refractivity contribution in [3.8, 4) is 5.75 Å². The van der Waals surface area contributed by atoms with Crippen molar-refractivity contribution < 1.29 is 22.7 Å². The number of rotatable bonds is 11. The Morgan fingerprint density at radius 3 is 2.28 bits per heavy atom. The van der Waals surface area contributed by atoms with Crippen LogP contribution in [0, 0.1) is 0 Å². The molecule has 0 heterocycles. The average molecular weight is 637 g/mol. The van der Waals surface area contributed by atoms with Gasteiger partial charge in [0.2, 0.25) is 11.8 Å². The maximum Gasteiger partial charge on any atom is 0.264 e. The zero-order valence-corrected chi connectivity index (χ0v) is 25.3. The van der Waals surface area contributed by atoms with Gasteiger partial charge in [-0.2, -0.15) is 0 Å². The van der Waals surface area contributed by atoms with Gasteiger partial charge in [-0.05, 0) is 68.8 Å². The summed E-state index contributed by atoms with van der Waals surface area (Å²) in [5, 5.41) is 3.02. The monoisotopic (exact) mass is 635 g/mol. The van der Waals surface area contributed by atoms with Crippen LogP contribution in [0.25, 0.3) is 0 Å². The maximum atomic E-state index is 13.9. The molecule has 39 heavy (non-hydrogen) atoms. The Labute approximate surface area is 243 Å². The van der Waals surface area contributed by atoms with Crippen molar-refractivity contribution in [3.05, 3.63) is 87.9 Å². The van der Waals surface area contributed by atoms with Crippen LogP contribution in [-0.4, -0.2) is 50.9 Å². The highest BCUT2D eigenvalue weighted by atomic mass is 79.9. The first-order valence-corrected chi connectivity index (χ1v) is 14.8. The third-order valence-corrected chi connectivity index (χ3v) is 8.45. The molecule has 3 aromatic rings. The van der Waals surface area contributed by atoms with Crippen molar-refractivity contribution in [1.82, 2.24) is 10.2 Å². The van der Waals surface area contributed by atoms with E-state index in [-0.39, 0.29) is 34.1 Å². The summed E-state index contributed by atoms with van der Waals surface area (Å²) in [7, 11) is -2.73. The molecule has 8 nitrogen and oxygen atoms in total. The lowest BCUT2D eigenvalue weighted by atomic mass is 10.1. The molecule has 0 aliphatic carbocycles. The van der Waals surface area contributed by atoms with E-state index in [1.807, 2.05) is 38.1 Å². The molecular formula is C28H31BrClN3O5S. The lowest BCUT2D eigenvalue weighted by Crippen LogP contribution is -2.52. The Kier molecular flexibility index (Phi) is 10.4. The molecule has 1 N–H and O–H groups in total. The summed E-state index contributed by atoms with van der Waals surface area (Å²) in [6, 6.07) is 18.6. The predicted molar refractivity (Wildman–Crippen MR) is 156 cm³/mol. The van der Waals surface area contributed by atoms with Crippen LogP contribution in [0.3, 0.4) is 0 Å². The summed E-state index contributed by atoms with van der Waals surface area (Å²) in [5.41, 5.74) is 0.951. The summed E-state index contributed by atoms with van der Waals surface area (Å²) in [5.74, 6) is -0.551. The van der Waals surface area contributed by atoms with Gasteiger partial charge in [-0.25, -0.2) is 8.42 Å². The molecule has 0 bridgehead atoms. The Balaban J connectivity index is 2.06. The Bertz CT molecular complexity index is 1420. The second kappa shape index (κ2) is 13.3. The number of amides is 2. The smallest absolute Gasteiger partial charge is 0.264 e. The highest BCUT2D eigenvalue weighted by molar-refractivity contribution is 9.10. The summed E-state index contributed by atoms with van der Waals surface area (Å²) >= 11 is 9.77. The van der Waals surface area contributed by atoms with Gasteiger partial charge < -0.3 is 15.0 Å². The highest BCUT2D eigenvalue weighted by Gasteiger charge is 2.33. The summed E-state index contributed by atoms with van der Waals surface area (Å²) < 4.78 is 34.6. The second-order valence-corrected chi connectivity index (χ2v) is 12.3. The van der Waals surface area contributed by atoms with Crippen LogP contribution >= 0.6 is 27.5 Å². The molecule has 11 heteroatoms. The maximum absolute atomic E-state index is 13.9. The van der Waals surface area contributed by atoms with Gasteiger partial charge >= 0.3 is 0 Å². The van der Waals surface area contributed by atoms with Crippen molar-refractivity contribution in [3.63, 3.8) is 0 Å². The number of nitrogens with zero attached hydrogens (tertiary/aromatic N) is 2. The summed E-state index contributed by atoms with van der Waals surface area (Å²) in [4.78, 5) is 28.3. The van der Waals surface area contributed by atoms with E-state index in [4.69, 9.17) is 16.3 Å². The third-order valence-electron chi connectivity index (χ3n) is 5.87. The highest BCUT2D eigenvalue weighted by Crippen LogP contribution is 2.32. The van der Waals surface area contributed by atoms with Gasteiger partial charge in [0.15, 0.2) is 0 Å². The Morgan fingerprint density at radius 1 is 1.00 bits per heavy atom. The third kappa shape index (κ3) is 7.74. The van der Waals surface area contributed by atoms with Gasteiger partial charge in [-0.15, -0.1) is 0 Å². The number of hydrogen-bond acceptors (Lipinski definition) is 5. The van der Waals surface area contributed by atoms with Crippen molar-refractivity contribution in [2.45, 2.75) is 44.3 Å². The van der Waals surface area contributed by atoms with Crippen LogP contribution < -0.4 is 14.4 Å². The number of carbonyl (C=O) groups excluding carboxylic acids is 2. The van der Waals surface area contributed by atoms with Crippen LogP contribution in [0.1, 0.15) is 26.3 Å². The van der Waals surface area contributed by atoms with Crippen molar-refractivity contribution in [1.29, 1.82) is 0 Å². The van der Waals surface area contributed by atoms with Crippen molar-refractivity contribution in [2.24, 2.45) is 0 Å². The number of anilines is 1. The number of hydrogen-bond donors (Lipinski definition) is 1. The van der Waals surface area contributed by atoms with Crippen molar-refractivity contribution >= 4 is 55.1 Å². The molecule has 0 saturated carbocycles. The molecule has 3 aromatic carbocycles. The minimum atomic E-state index is -4.19. The van der Waals surface area contributed by atoms with Gasteiger partial charge in [0.25, 0.3) is 10.0 Å².